The third kappa shape index (κ3) is 2.79. The van der Waals surface area contributed by atoms with E-state index in [4.69, 9.17) is 4.74 Å². The minimum atomic E-state index is 0.887. The molecule has 3 rings (SSSR count). The van der Waals surface area contributed by atoms with Crippen LogP contribution in [0.15, 0.2) is 65.7 Å². The molecule has 21 heavy (non-hydrogen) atoms. The number of benzene rings is 3. The first-order chi connectivity index (χ1) is 10.3. The highest BCUT2D eigenvalue weighted by atomic mass is 16.5. The van der Waals surface area contributed by atoms with Gasteiger partial charge in [0.2, 0.25) is 0 Å². The molecule has 0 fully saturated rings. The normalized spacial score (nSPS) is 11.1. The number of fused-ring (bicyclic) bond motifs is 1. The van der Waals surface area contributed by atoms with Gasteiger partial charge in [0.1, 0.15) is 5.75 Å². The average Bonchev–Trinajstić information content (AvgIpc) is 2.54. The summed E-state index contributed by atoms with van der Waals surface area (Å²) in [6.07, 6.45) is 1.91. The van der Waals surface area contributed by atoms with E-state index in [1.165, 1.54) is 5.56 Å². The lowest BCUT2D eigenvalue weighted by Gasteiger charge is -2.07. The fourth-order valence-corrected chi connectivity index (χ4v) is 2.36. The van der Waals surface area contributed by atoms with Crippen molar-refractivity contribution >= 4 is 22.7 Å². The molecule has 0 aliphatic rings. The SMILES string of the molecule is COc1ccc(C=Nc2ccc(C)cc2)c2ccccc12. The van der Waals surface area contributed by atoms with E-state index in [0.29, 0.717) is 0 Å². The standard InChI is InChI=1S/C19H17NO/c1-14-7-10-16(11-8-14)20-13-15-9-12-19(21-2)18-6-4-3-5-17(15)18/h3-13H,1-2H3. The highest BCUT2D eigenvalue weighted by Crippen LogP contribution is 2.27. The number of aryl methyl sites for hydroxylation is 1. The molecule has 0 spiro atoms. The van der Waals surface area contributed by atoms with Gasteiger partial charge in [-0.05, 0) is 36.6 Å². The van der Waals surface area contributed by atoms with Crippen LogP contribution in [0.5, 0.6) is 5.75 Å². The number of ether oxygens (including phenoxy) is 1. The molecule has 0 bridgehead atoms. The van der Waals surface area contributed by atoms with Crippen molar-refractivity contribution in [3.63, 3.8) is 0 Å². The lowest BCUT2D eigenvalue weighted by Crippen LogP contribution is -1.89. The molecule has 0 unspecified atom stereocenters. The van der Waals surface area contributed by atoms with E-state index < -0.39 is 0 Å². The van der Waals surface area contributed by atoms with E-state index in [0.717, 1.165) is 27.8 Å². The van der Waals surface area contributed by atoms with Gasteiger partial charge in [0.25, 0.3) is 0 Å². The van der Waals surface area contributed by atoms with Crippen molar-refractivity contribution in [1.29, 1.82) is 0 Å². The Balaban J connectivity index is 2.03. The Morgan fingerprint density at radius 2 is 1.57 bits per heavy atom. The monoisotopic (exact) mass is 275 g/mol. The first kappa shape index (κ1) is 13.4. The fraction of sp³-hybridized carbons (Fsp3) is 0.105. The van der Waals surface area contributed by atoms with Crippen molar-refractivity contribution in [1.82, 2.24) is 0 Å². The van der Waals surface area contributed by atoms with Crippen LogP contribution in [0.2, 0.25) is 0 Å². The zero-order valence-corrected chi connectivity index (χ0v) is 12.2. The van der Waals surface area contributed by atoms with E-state index in [9.17, 15) is 0 Å². The van der Waals surface area contributed by atoms with Crippen LogP contribution in [0.4, 0.5) is 5.69 Å². The summed E-state index contributed by atoms with van der Waals surface area (Å²) < 4.78 is 5.41. The highest BCUT2D eigenvalue weighted by molar-refractivity contribution is 6.02. The van der Waals surface area contributed by atoms with Crippen LogP contribution in [0.25, 0.3) is 10.8 Å². The second-order valence-corrected chi connectivity index (χ2v) is 5.00. The Bertz CT molecular complexity index is 788. The van der Waals surface area contributed by atoms with E-state index in [-0.39, 0.29) is 0 Å². The number of rotatable bonds is 3. The van der Waals surface area contributed by atoms with Gasteiger partial charge in [-0.15, -0.1) is 0 Å². The maximum absolute atomic E-state index is 5.41. The average molecular weight is 275 g/mol. The number of nitrogens with zero attached hydrogens (tertiary/aromatic N) is 1. The molecule has 0 aromatic heterocycles. The summed E-state index contributed by atoms with van der Waals surface area (Å²) in [5.74, 6) is 0.887. The molecule has 104 valence electrons. The molecule has 3 aromatic carbocycles. The van der Waals surface area contributed by atoms with Crippen LogP contribution in [-0.2, 0) is 0 Å². The lowest BCUT2D eigenvalue weighted by molar-refractivity contribution is 0.420. The fourth-order valence-electron chi connectivity index (χ4n) is 2.36. The van der Waals surface area contributed by atoms with Crippen LogP contribution < -0.4 is 4.74 Å². The van der Waals surface area contributed by atoms with Crippen LogP contribution in [0.3, 0.4) is 0 Å². The quantitative estimate of drug-likeness (QED) is 0.622. The maximum Gasteiger partial charge on any atom is 0.126 e. The Morgan fingerprint density at radius 1 is 0.857 bits per heavy atom. The Morgan fingerprint density at radius 3 is 2.29 bits per heavy atom. The molecule has 0 N–H and O–H groups in total. The van der Waals surface area contributed by atoms with Gasteiger partial charge in [-0.2, -0.15) is 0 Å². The molecular weight excluding hydrogens is 258 g/mol. The molecular formula is C19H17NO. The maximum atomic E-state index is 5.41. The van der Waals surface area contributed by atoms with Gasteiger partial charge in [0.05, 0.1) is 12.8 Å². The topological polar surface area (TPSA) is 21.6 Å². The largest absolute Gasteiger partial charge is 0.496 e. The minimum Gasteiger partial charge on any atom is -0.496 e. The van der Waals surface area contributed by atoms with Gasteiger partial charge in [-0.25, -0.2) is 0 Å². The lowest BCUT2D eigenvalue weighted by atomic mass is 10.0. The van der Waals surface area contributed by atoms with E-state index in [1.807, 2.05) is 42.6 Å². The predicted octanol–water partition coefficient (Wildman–Crippen LogP) is 4.91. The summed E-state index contributed by atoms with van der Waals surface area (Å²) in [7, 11) is 1.70. The smallest absolute Gasteiger partial charge is 0.126 e. The third-order valence-corrected chi connectivity index (χ3v) is 3.52. The second kappa shape index (κ2) is 5.80. The molecule has 0 atom stereocenters. The van der Waals surface area contributed by atoms with Crippen LogP contribution in [-0.4, -0.2) is 13.3 Å². The molecule has 0 aliphatic heterocycles. The van der Waals surface area contributed by atoms with Crippen molar-refractivity contribution in [2.75, 3.05) is 7.11 Å². The van der Waals surface area contributed by atoms with Gasteiger partial charge >= 0.3 is 0 Å². The Hall–Kier alpha value is -2.61. The predicted molar refractivity (Wildman–Crippen MR) is 88.9 cm³/mol. The van der Waals surface area contributed by atoms with Crippen molar-refractivity contribution in [3.8, 4) is 5.75 Å². The molecule has 0 saturated carbocycles. The zero-order chi connectivity index (χ0) is 14.7. The first-order valence-corrected chi connectivity index (χ1v) is 6.94. The molecule has 0 heterocycles. The first-order valence-electron chi connectivity index (χ1n) is 6.94. The number of hydrogen-bond acceptors (Lipinski definition) is 2. The molecule has 0 aliphatic carbocycles. The van der Waals surface area contributed by atoms with E-state index >= 15 is 0 Å². The molecule has 0 amide bonds. The molecule has 3 aromatic rings. The number of methoxy groups -OCH3 is 1. The van der Waals surface area contributed by atoms with Gasteiger partial charge < -0.3 is 4.74 Å². The van der Waals surface area contributed by atoms with Crippen LogP contribution >= 0.6 is 0 Å². The number of hydrogen-bond donors (Lipinski definition) is 0. The summed E-state index contributed by atoms with van der Waals surface area (Å²) in [5.41, 5.74) is 3.29. The summed E-state index contributed by atoms with van der Waals surface area (Å²) >= 11 is 0. The van der Waals surface area contributed by atoms with E-state index in [1.54, 1.807) is 7.11 Å². The summed E-state index contributed by atoms with van der Waals surface area (Å²) in [6, 6.07) is 20.4. The van der Waals surface area contributed by atoms with Crippen LogP contribution in [0.1, 0.15) is 11.1 Å². The van der Waals surface area contributed by atoms with E-state index in [2.05, 4.69) is 36.2 Å². The zero-order valence-electron chi connectivity index (χ0n) is 12.2. The highest BCUT2D eigenvalue weighted by Gasteiger charge is 2.04. The summed E-state index contributed by atoms with van der Waals surface area (Å²) in [6.45, 7) is 2.07. The molecule has 0 saturated heterocycles. The van der Waals surface area contributed by atoms with Gasteiger partial charge in [-0.3, -0.25) is 4.99 Å². The van der Waals surface area contributed by atoms with Gasteiger partial charge in [0, 0.05) is 17.2 Å². The van der Waals surface area contributed by atoms with Crippen molar-refractivity contribution in [3.05, 3.63) is 71.8 Å². The molecule has 2 nitrogen and oxygen atoms in total. The van der Waals surface area contributed by atoms with Crippen LogP contribution in [0, 0.1) is 6.92 Å². The van der Waals surface area contributed by atoms with Crippen molar-refractivity contribution in [2.24, 2.45) is 4.99 Å². The Labute approximate surface area is 124 Å². The molecule has 0 radical (unpaired) electrons. The number of aliphatic imine (C=N–C) groups is 1. The summed E-state index contributed by atoms with van der Waals surface area (Å²) in [5, 5.41) is 2.25. The molecule has 2 heteroatoms. The minimum absolute atomic E-state index is 0.887. The summed E-state index contributed by atoms with van der Waals surface area (Å²) in [4.78, 5) is 4.56. The van der Waals surface area contributed by atoms with Crippen molar-refractivity contribution in [2.45, 2.75) is 6.92 Å². The van der Waals surface area contributed by atoms with Crippen molar-refractivity contribution < 1.29 is 4.74 Å². The van der Waals surface area contributed by atoms with Gasteiger partial charge in [0.15, 0.2) is 0 Å². The van der Waals surface area contributed by atoms with Gasteiger partial charge in [-0.1, -0.05) is 42.0 Å². The Kier molecular flexibility index (Phi) is 3.69. The second-order valence-electron chi connectivity index (χ2n) is 5.00. The third-order valence-electron chi connectivity index (χ3n) is 3.52.